The van der Waals surface area contributed by atoms with E-state index in [4.69, 9.17) is 0 Å². The lowest BCUT2D eigenvalue weighted by molar-refractivity contribution is -0.394. The maximum absolute atomic E-state index is 12.4. The van der Waals surface area contributed by atoms with Gasteiger partial charge in [0, 0.05) is 19.2 Å². The highest BCUT2D eigenvalue weighted by atomic mass is 16.6. The van der Waals surface area contributed by atoms with Crippen LogP contribution in [-0.2, 0) is 4.79 Å². The highest BCUT2D eigenvalue weighted by Crippen LogP contribution is 2.24. The monoisotopic (exact) mass is 325 g/mol. The van der Waals surface area contributed by atoms with Gasteiger partial charge in [0.1, 0.15) is 6.04 Å². The molecular weight excluding hydrogens is 310 g/mol. The zero-order chi connectivity index (χ0) is 17.9. The second kappa shape index (κ2) is 6.81. The number of aliphatic carboxylic acids is 1. The molecule has 10 nitrogen and oxygen atoms in total. The van der Waals surface area contributed by atoms with E-state index in [1.165, 1.54) is 7.05 Å². The molecule has 1 aromatic carbocycles. The molecule has 0 spiro atoms. The molecule has 0 saturated carbocycles. The van der Waals surface area contributed by atoms with Crippen LogP contribution < -0.4 is 0 Å². The first kappa shape index (κ1) is 18.0. The Bertz CT molecular complexity index is 639. The van der Waals surface area contributed by atoms with Crippen molar-refractivity contribution >= 4 is 23.3 Å². The predicted octanol–water partition coefficient (Wildman–Crippen LogP) is 1.68. The van der Waals surface area contributed by atoms with Gasteiger partial charge in [0.05, 0.1) is 21.5 Å². The van der Waals surface area contributed by atoms with E-state index in [1.54, 1.807) is 13.8 Å². The van der Waals surface area contributed by atoms with E-state index in [2.05, 4.69) is 0 Å². The second-order valence-electron chi connectivity index (χ2n) is 5.20. The molecule has 23 heavy (non-hydrogen) atoms. The number of likely N-dealkylation sites (N-methyl/N-ethyl adjacent to an activating group) is 1. The van der Waals surface area contributed by atoms with E-state index in [-0.39, 0.29) is 5.56 Å². The fourth-order valence-corrected chi connectivity index (χ4v) is 2.16. The first-order chi connectivity index (χ1) is 10.6. The van der Waals surface area contributed by atoms with Gasteiger partial charge in [0.15, 0.2) is 0 Å². The Hall–Kier alpha value is -3.04. The number of nitro benzene ring substituents is 2. The Morgan fingerprint density at radius 1 is 1.09 bits per heavy atom. The molecule has 124 valence electrons. The van der Waals surface area contributed by atoms with Gasteiger partial charge in [0.2, 0.25) is 0 Å². The van der Waals surface area contributed by atoms with Gasteiger partial charge in [-0.1, -0.05) is 13.8 Å². The van der Waals surface area contributed by atoms with Crippen LogP contribution in [0.15, 0.2) is 18.2 Å². The van der Waals surface area contributed by atoms with Crippen LogP contribution in [0.2, 0.25) is 0 Å². The van der Waals surface area contributed by atoms with Crippen LogP contribution in [0.5, 0.6) is 0 Å². The van der Waals surface area contributed by atoms with Crippen LogP contribution in [0.25, 0.3) is 0 Å². The quantitative estimate of drug-likeness (QED) is 0.618. The summed E-state index contributed by atoms with van der Waals surface area (Å²) in [5.41, 5.74) is -1.56. The Labute approximate surface area is 130 Å². The maximum atomic E-state index is 12.4. The number of carbonyl (C=O) groups excluding carboxylic acids is 1. The maximum Gasteiger partial charge on any atom is 0.326 e. The van der Waals surface area contributed by atoms with Gasteiger partial charge in [-0.05, 0) is 5.92 Å². The van der Waals surface area contributed by atoms with Gasteiger partial charge >= 0.3 is 5.97 Å². The smallest absolute Gasteiger partial charge is 0.326 e. The molecule has 1 N–H and O–H groups in total. The lowest BCUT2D eigenvalue weighted by atomic mass is 10.0. The van der Waals surface area contributed by atoms with Crippen LogP contribution in [0.4, 0.5) is 11.4 Å². The van der Waals surface area contributed by atoms with Crippen molar-refractivity contribution in [1.82, 2.24) is 4.90 Å². The molecule has 0 aliphatic rings. The minimum absolute atomic E-state index is 0.319. The number of hydrogen-bond acceptors (Lipinski definition) is 6. The van der Waals surface area contributed by atoms with Crippen molar-refractivity contribution in [2.45, 2.75) is 19.9 Å². The largest absolute Gasteiger partial charge is 0.480 e. The average Bonchev–Trinajstić information content (AvgIpc) is 2.44. The molecule has 1 atom stereocenters. The van der Waals surface area contributed by atoms with E-state index in [9.17, 15) is 34.9 Å². The number of amides is 1. The first-order valence-electron chi connectivity index (χ1n) is 6.50. The molecule has 1 rings (SSSR count). The van der Waals surface area contributed by atoms with E-state index in [0.29, 0.717) is 0 Å². The number of nitrogens with zero attached hydrogens (tertiary/aromatic N) is 3. The highest BCUT2D eigenvalue weighted by Gasteiger charge is 2.31. The van der Waals surface area contributed by atoms with Gasteiger partial charge in [-0.3, -0.25) is 25.0 Å². The molecule has 0 radical (unpaired) electrons. The molecule has 1 amide bonds. The zero-order valence-corrected chi connectivity index (χ0v) is 12.6. The summed E-state index contributed by atoms with van der Waals surface area (Å²) >= 11 is 0. The molecule has 10 heteroatoms. The Balaban J connectivity index is 3.33. The van der Waals surface area contributed by atoms with Crippen LogP contribution >= 0.6 is 0 Å². The molecular formula is C13H15N3O7. The molecule has 0 aliphatic heterocycles. The minimum Gasteiger partial charge on any atom is -0.480 e. The van der Waals surface area contributed by atoms with Crippen LogP contribution in [0.3, 0.4) is 0 Å². The molecule has 0 aromatic heterocycles. The number of carboxylic acid groups (broad SMARTS) is 1. The summed E-state index contributed by atoms with van der Waals surface area (Å²) in [6, 6.07) is 1.32. The molecule has 1 aromatic rings. The van der Waals surface area contributed by atoms with Crippen molar-refractivity contribution in [3.63, 3.8) is 0 Å². The molecule has 0 aliphatic carbocycles. The van der Waals surface area contributed by atoms with Crippen LogP contribution in [0.1, 0.15) is 24.2 Å². The summed E-state index contributed by atoms with van der Waals surface area (Å²) in [5, 5.41) is 30.9. The normalized spacial score (nSPS) is 11.8. The molecule has 0 bridgehead atoms. The summed E-state index contributed by atoms with van der Waals surface area (Å²) < 4.78 is 0. The Morgan fingerprint density at radius 3 is 1.83 bits per heavy atom. The summed E-state index contributed by atoms with van der Waals surface area (Å²) in [5.74, 6) is -2.51. The van der Waals surface area contributed by atoms with E-state index >= 15 is 0 Å². The lowest BCUT2D eigenvalue weighted by Crippen LogP contribution is -2.45. The van der Waals surface area contributed by atoms with Crippen molar-refractivity contribution in [2.24, 2.45) is 5.92 Å². The van der Waals surface area contributed by atoms with Gasteiger partial charge < -0.3 is 10.0 Å². The number of hydrogen-bond donors (Lipinski definition) is 1. The number of benzene rings is 1. The molecule has 0 fully saturated rings. The zero-order valence-electron chi connectivity index (χ0n) is 12.6. The topological polar surface area (TPSA) is 144 Å². The first-order valence-corrected chi connectivity index (χ1v) is 6.50. The summed E-state index contributed by atoms with van der Waals surface area (Å²) in [7, 11) is 1.23. The third kappa shape index (κ3) is 3.99. The van der Waals surface area contributed by atoms with Crippen molar-refractivity contribution in [2.75, 3.05) is 7.05 Å². The molecule has 0 unspecified atom stereocenters. The number of rotatable bonds is 6. The van der Waals surface area contributed by atoms with Crippen LogP contribution in [0, 0.1) is 26.1 Å². The SMILES string of the molecule is CC(C)[C@@H](C(=O)O)N(C)C(=O)c1cc([N+](=O)[O-])cc([N+](=O)[O-])c1. The van der Waals surface area contributed by atoms with Gasteiger partial charge in [0.25, 0.3) is 17.3 Å². The standard InChI is InChI=1S/C13H15N3O7/c1-7(2)11(13(18)19)14(3)12(17)8-4-9(15(20)21)6-10(5-8)16(22)23/h4-7,11H,1-3H3,(H,18,19)/t11-/m0/s1. The number of carboxylic acids is 1. The van der Waals surface area contributed by atoms with Crippen molar-refractivity contribution in [3.8, 4) is 0 Å². The fourth-order valence-electron chi connectivity index (χ4n) is 2.16. The van der Waals surface area contributed by atoms with Crippen molar-refractivity contribution < 1.29 is 24.5 Å². The average molecular weight is 325 g/mol. The molecule has 0 saturated heterocycles. The van der Waals surface area contributed by atoms with Crippen LogP contribution in [-0.4, -0.2) is 44.8 Å². The summed E-state index contributed by atoms with van der Waals surface area (Å²) in [6.07, 6.45) is 0. The Morgan fingerprint density at radius 2 is 1.52 bits per heavy atom. The van der Waals surface area contributed by atoms with Crippen molar-refractivity contribution in [1.29, 1.82) is 0 Å². The van der Waals surface area contributed by atoms with E-state index in [1.807, 2.05) is 0 Å². The van der Waals surface area contributed by atoms with E-state index < -0.39 is 45.1 Å². The van der Waals surface area contributed by atoms with Gasteiger partial charge in [-0.2, -0.15) is 0 Å². The Kier molecular flexibility index (Phi) is 5.34. The third-order valence-electron chi connectivity index (χ3n) is 3.19. The fraction of sp³-hybridized carbons (Fsp3) is 0.385. The number of carbonyl (C=O) groups is 2. The summed E-state index contributed by atoms with van der Waals surface area (Å²) in [6.45, 7) is 3.19. The van der Waals surface area contributed by atoms with Gasteiger partial charge in [-0.15, -0.1) is 0 Å². The minimum atomic E-state index is -1.24. The second-order valence-corrected chi connectivity index (χ2v) is 5.20. The summed E-state index contributed by atoms with van der Waals surface area (Å²) in [4.78, 5) is 44.5. The lowest BCUT2D eigenvalue weighted by Gasteiger charge is -2.27. The van der Waals surface area contributed by atoms with Gasteiger partial charge in [-0.25, -0.2) is 4.79 Å². The predicted molar refractivity (Wildman–Crippen MR) is 78.1 cm³/mol. The van der Waals surface area contributed by atoms with Crippen molar-refractivity contribution in [3.05, 3.63) is 44.0 Å². The number of non-ortho nitro benzene ring substituents is 2. The van der Waals surface area contributed by atoms with E-state index in [0.717, 1.165) is 23.1 Å². The number of nitro groups is 2. The highest BCUT2D eigenvalue weighted by molar-refractivity contribution is 5.97. The molecule has 0 heterocycles. The third-order valence-corrected chi connectivity index (χ3v) is 3.19.